The van der Waals surface area contributed by atoms with E-state index in [9.17, 15) is 9.32 Å². The number of hydrogen-bond donors (Lipinski definition) is 1. The van der Waals surface area contributed by atoms with E-state index in [-0.39, 0.29) is 0 Å². The summed E-state index contributed by atoms with van der Waals surface area (Å²) in [5, 5.41) is 0. The monoisotopic (exact) mass is 135 g/mol. The molecule has 1 unspecified atom stereocenters. The lowest BCUT2D eigenvalue weighted by atomic mass is 10.1. The molecule has 0 heterocycles. The van der Waals surface area contributed by atoms with Crippen LogP contribution in [0.5, 0.6) is 0 Å². The predicted octanol–water partition coefficient (Wildman–Crippen LogP) is 0.399. The van der Waals surface area contributed by atoms with Crippen molar-refractivity contribution in [1.82, 2.24) is 0 Å². The molecule has 0 aromatic rings. The predicted molar refractivity (Wildman–Crippen MR) is 30.0 cm³/mol. The van der Waals surface area contributed by atoms with Gasteiger partial charge in [0.1, 0.15) is 0 Å². The van der Waals surface area contributed by atoms with Gasteiger partial charge >= 0.3 is 5.97 Å². The zero-order valence-corrected chi connectivity index (χ0v) is 5.26. The molecule has 0 amide bonds. The van der Waals surface area contributed by atoms with Crippen molar-refractivity contribution in [1.29, 1.82) is 0 Å². The van der Waals surface area contributed by atoms with Gasteiger partial charge in [-0.3, -0.25) is 4.94 Å². The highest BCUT2D eigenvalue weighted by Gasteiger charge is 2.13. The molecular weight excluding hydrogens is 125 g/mol. The molecule has 0 saturated heterocycles. The third kappa shape index (κ3) is 3.03. The van der Waals surface area contributed by atoms with Crippen LogP contribution in [0, 0.1) is 5.92 Å². The Morgan fingerprint density at radius 2 is 2.44 bits per heavy atom. The van der Waals surface area contributed by atoms with Gasteiger partial charge in [0.15, 0.2) is 0 Å². The highest BCUT2D eigenvalue weighted by atomic mass is 19.3. The second-order valence-electron chi connectivity index (χ2n) is 1.87. The minimum atomic E-state index is -0.847. The largest absolute Gasteiger partial charge is 0.351 e. The Labute approximate surface area is 52.9 Å². The molecule has 0 aliphatic rings. The summed E-state index contributed by atoms with van der Waals surface area (Å²) in [7, 11) is 0. The Bertz CT molecular complexity index is 97.0. The molecular formula is C5H10FNO2. The first-order chi connectivity index (χ1) is 4.22. The van der Waals surface area contributed by atoms with E-state index in [1.165, 1.54) is 0 Å². The molecule has 0 spiro atoms. The molecule has 2 N–H and O–H groups in total. The second kappa shape index (κ2) is 4.26. The molecule has 0 aliphatic carbocycles. The number of halogens is 1. The first-order valence-electron chi connectivity index (χ1n) is 2.75. The maximum atomic E-state index is 11.1. The fourth-order valence-corrected chi connectivity index (χ4v) is 0.444. The van der Waals surface area contributed by atoms with Crippen LogP contribution in [0.2, 0.25) is 0 Å². The van der Waals surface area contributed by atoms with Crippen molar-refractivity contribution in [2.45, 2.75) is 13.3 Å². The van der Waals surface area contributed by atoms with E-state index in [0.717, 1.165) is 0 Å². The first-order valence-corrected chi connectivity index (χ1v) is 2.75. The van der Waals surface area contributed by atoms with Crippen molar-refractivity contribution in [2.75, 3.05) is 6.54 Å². The maximum Gasteiger partial charge on any atom is 0.351 e. The minimum absolute atomic E-state index is 0.371. The topological polar surface area (TPSA) is 52.3 Å². The van der Waals surface area contributed by atoms with Gasteiger partial charge in [-0.1, -0.05) is 6.92 Å². The number of carbonyl (C=O) groups excluding carboxylic acids is 1. The number of rotatable bonds is 3. The van der Waals surface area contributed by atoms with Gasteiger partial charge in [0, 0.05) is 4.53 Å². The van der Waals surface area contributed by atoms with Crippen LogP contribution in [0.4, 0.5) is 4.53 Å². The summed E-state index contributed by atoms with van der Waals surface area (Å²) >= 11 is 0. The van der Waals surface area contributed by atoms with E-state index in [4.69, 9.17) is 5.73 Å². The third-order valence-corrected chi connectivity index (χ3v) is 1.08. The fraction of sp³-hybridized carbons (Fsp3) is 0.800. The first kappa shape index (κ1) is 8.36. The summed E-state index contributed by atoms with van der Waals surface area (Å²) < 4.78 is 11.1. The van der Waals surface area contributed by atoms with E-state index >= 15 is 0 Å². The quantitative estimate of drug-likeness (QED) is 0.609. The van der Waals surface area contributed by atoms with Gasteiger partial charge in [-0.25, -0.2) is 4.79 Å². The maximum absolute atomic E-state index is 11.1. The minimum Gasteiger partial charge on any atom is -0.330 e. The van der Waals surface area contributed by atoms with Crippen molar-refractivity contribution in [2.24, 2.45) is 11.7 Å². The van der Waals surface area contributed by atoms with E-state index in [0.29, 0.717) is 13.0 Å². The van der Waals surface area contributed by atoms with Crippen LogP contribution >= 0.6 is 0 Å². The van der Waals surface area contributed by atoms with Crippen molar-refractivity contribution in [3.8, 4) is 0 Å². The van der Waals surface area contributed by atoms with Crippen LogP contribution in [0.25, 0.3) is 0 Å². The Morgan fingerprint density at radius 3 is 2.78 bits per heavy atom. The lowest BCUT2D eigenvalue weighted by Crippen LogP contribution is -2.15. The lowest BCUT2D eigenvalue weighted by molar-refractivity contribution is -0.188. The van der Waals surface area contributed by atoms with E-state index in [1.54, 1.807) is 6.92 Å². The Hall–Kier alpha value is -0.640. The summed E-state index contributed by atoms with van der Waals surface area (Å²) in [5.74, 6) is -1.28. The van der Waals surface area contributed by atoms with Gasteiger partial charge in [0.05, 0.1) is 5.92 Å². The smallest absolute Gasteiger partial charge is 0.330 e. The Morgan fingerprint density at radius 1 is 1.89 bits per heavy atom. The molecule has 0 radical (unpaired) electrons. The summed E-state index contributed by atoms with van der Waals surface area (Å²) in [6.45, 7) is 1.94. The van der Waals surface area contributed by atoms with Crippen LogP contribution in [0.1, 0.15) is 13.3 Å². The Balaban J connectivity index is 3.45. The summed E-state index contributed by atoms with van der Waals surface area (Å²) in [6.07, 6.45) is 0.461. The molecule has 0 rings (SSSR count). The molecule has 4 heteroatoms. The van der Waals surface area contributed by atoms with Gasteiger partial charge in [0.2, 0.25) is 0 Å². The van der Waals surface area contributed by atoms with Crippen LogP contribution in [0.15, 0.2) is 0 Å². The summed E-state index contributed by atoms with van der Waals surface area (Å²) in [6, 6.07) is 0. The van der Waals surface area contributed by atoms with Crippen molar-refractivity contribution in [3.05, 3.63) is 0 Å². The molecule has 0 bridgehead atoms. The normalized spacial score (nSPS) is 12.8. The highest BCUT2D eigenvalue weighted by molar-refractivity contribution is 5.71. The summed E-state index contributed by atoms with van der Waals surface area (Å²) in [4.78, 5) is 13.2. The number of carbonyl (C=O) groups is 1. The van der Waals surface area contributed by atoms with E-state index < -0.39 is 11.9 Å². The van der Waals surface area contributed by atoms with Gasteiger partial charge in [-0.2, -0.15) is 0 Å². The zero-order valence-electron chi connectivity index (χ0n) is 5.26. The van der Waals surface area contributed by atoms with Crippen molar-refractivity contribution < 1.29 is 14.3 Å². The van der Waals surface area contributed by atoms with Crippen molar-refractivity contribution in [3.63, 3.8) is 0 Å². The van der Waals surface area contributed by atoms with Gasteiger partial charge in [-0.05, 0) is 13.0 Å². The SMILES string of the molecule is CC(CCN)C(=O)OF. The average molecular weight is 135 g/mol. The van der Waals surface area contributed by atoms with Crippen molar-refractivity contribution >= 4 is 5.97 Å². The molecule has 0 aliphatic heterocycles. The van der Waals surface area contributed by atoms with Crippen LogP contribution in [0.3, 0.4) is 0 Å². The molecule has 0 saturated carbocycles. The average Bonchev–Trinajstić information content (AvgIpc) is 1.87. The second-order valence-corrected chi connectivity index (χ2v) is 1.87. The van der Waals surface area contributed by atoms with E-state index in [2.05, 4.69) is 4.94 Å². The van der Waals surface area contributed by atoms with Crippen LogP contribution in [-0.4, -0.2) is 12.5 Å². The molecule has 0 fully saturated rings. The molecule has 1 atom stereocenters. The van der Waals surface area contributed by atoms with Gasteiger partial charge < -0.3 is 5.73 Å². The third-order valence-electron chi connectivity index (χ3n) is 1.08. The van der Waals surface area contributed by atoms with Crippen LogP contribution < -0.4 is 5.73 Å². The highest BCUT2D eigenvalue weighted by Crippen LogP contribution is 2.02. The molecule has 54 valence electrons. The fourth-order valence-electron chi connectivity index (χ4n) is 0.444. The van der Waals surface area contributed by atoms with Gasteiger partial charge in [-0.15, -0.1) is 0 Å². The van der Waals surface area contributed by atoms with Gasteiger partial charge in [0.25, 0.3) is 0 Å². The number of hydrogen-bond acceptors (Lipinski definition) is 3. The molecule has 9 heavy (non-hydrogen) atoms. The molecule has 0 aromatic carbocycles. The lowest BCUT2D eigenvalue weighted by Gasteiger charge is -2.01. The standard InChI is InChI=1S/C5H10FNO2/c1-4(2-3-7)5(8)9-6/h4H,2-3,7H2,1H3. The number of nitrogens with two attached hydrogens (primary N) is 1. The summed E-state index contributed by atoms with van der Waals surface area (Å²) in [5.41, 5.74) is 5.09. The molecule has 3 nitrogen and oxygen atoms in total. The van der Waals surface area contributed by atoms with Crippen LogP contribution in [-0.2, 0) is 9.74 Å². The Kier molecular flexibility index (Phi) is 3.96. The molecule has 0 aromatic heterocycles. The van der Waals surface area contributed by atoms with E-state index in [1.807, 2.05) is 0 Å². The zero-order chi connectivity index (χ0) is 7.28.